The van der Waals surface area contributed by atoms with Gasteiger partial charge in [0, 0.05) is 22.3 Å². The molecule has 0 aliphatic heterocycles. The molecule has 0 amide bonds. The van der Waals surface area contributed by atoms with Crippen molar-refractivity contribution in [1.82, 2.24) is 5.32 Å². The maximum Gasteiger partial charge on any atom is 0.128 e. The van der Waals surface area contributed by atoms with Crippen molar-refractivity contribution in [3.8, 4) is 0 Å². The van der Waals surface area contributed by atoms with Gasteiger partial charge in [0.05, 0.1) is 0 Å². The molecule has 0 aliphatic rings. The minimum absolute atomic E-state index is 0.227. The smallest absolute Gasteiger partial charge is 0.128 e. The predicted octanol–water partition coefficient (Wildman–Crippen LogP) is 4.33. The molecule has 0 fully saturated rings. The molecule has 106 valence electrons. The van der Waals surface area contributed by atoms with Crippen LogP contribution in [0.1, 0.15) is 17.2 Å². The second kappa shape index (κ2) is 6.86. The van der Waals surface area contributed by atoms with Crippen molar-refractivity contribution in [2.24, 2.45) is 0 Å². The first-order valence-electron chi connectivity index (χ1n) is 6.42. The van der Waals surface area contributed by atoms with Crippen LogP contribution in [0.25, 0.3) is 0 Å². The Bertz CT molecular complexity index is 586. The normalized spacial score (nSPS) is 12.4. The molecule has 0 spiro atoms. The topological polar surface area (TPSA) is 12.0 Å². The highest BCUT2D eigenvalue weighted by Crippen LogP contribution is 2.28. The fourth-order valence-corrected chi connectivity index (χ4v) is 3.16. The van der Waals surface area contributed by atoms with Crippen LogP contribution in [0.15, 0.2) is 47.4 Å². The van der Waals surface area contributed by atoms with Crippen LogP contribution < -0.4 is 5.32 Å². The fourth-order valence-electron chi connectivity index (χ4n) is 2.00. The first kappa shape index (κ1) is 15.0. The summed E-state index contributed by atoms with van der Waals surface area (Å²) in [5.41, 5.74) is 1.56. The summed E-state index contributed by atoms with van der Waals surface area (Å²) in [5, 5.41) is 3.05. The lowest BCUT2D eigenvalue weighted by atomic mass is 10.1. The van der Waals surface area contributed by atoms with Gasteiger partial charge in [-0.15, -0.1) is 11.8 Å². The highest BCUT2D eigenvalue weighted by Gasteiger charge is 2.15. The molecule has 1 N–H and O–H groups in total. The minimum Gasteiger partial charge on any atom is -0.312 e. The van der Waals surface area contributed by atoms with Crippen molar-refractivity contribution < 1.29 is 8.78 Å². The van der Waals surface area contributed by atoms with E-state index in [2.05, 4.69) is 5.32 Å². The number of halogens is 2. The van der Waals surface area contributed by atoms with E-state index < -0.39 is 5.82 Å². The molecule has 2 aromatic carbocycles. The molecule has 0 bridgehead atoms. The van der Waals surface area contributed by atoms with Crippen molar-refractivity contribution in [1.29, 1.82) is 0 Å². The molecule has 0 heterocycles. The van der Waals surface area contributed by atoms with Crippen molar-refractivity contribution in [3.63, 3.8) is 0 Å². The van der Waals surface area contributed by atoms with Gasteiger partial charge in [-0.2, -0.15) is 0 Å². The van der Waals surface area contributed by atoms with Gasteiger partial charge in [-0.25, -0.2) is 8.78 Å². The molecule has 2 rings (SSSR count). The van der Waals surface area contributed by atoms with Gasteiger partial charge in [-0.05, 0) is 43.8 Å². The van der Waals surface area contributed by atoms with Crippen LogP contribution in [-0.4, -0.2) is 12.8 Å². The van der Waals surface area contributed by atoms with Gasteiger partial charge >= 0.3 is 0 Å². The van der Waals surface area contributed by atoms with Crippen LogP contribution in [0.3, 0.4) is 0 Å². The van der Waals surface area contributed by atoms with Crippen molar-refractivity contribution >= 4 is 11.8 Å². The van der Waals surface area contributed by atoms with Crippen LogP contribution in [0, 0.1) is 18.6 Å². The summed E-state index contributed by atoms with van der Waals surface area (Å²) in [5.74, 6) is -0.152. The molecular weight excluding hydrogens is 276 g/mol. The van der Waals surface area contributed by atoms with Gasteiger partial charge in [0.15, 0.2) is 0 Å². The average Bonchev–Trinajstić information content (AvgIpc) is 2.45. The lowest BCUT2D eigenvalue weighted by Gasteiger charge is -2.17. The molecule has 0 aliphatic carbocycles. The molecule has 4 heteroatoms. The minimum atomic E-state index is -0.414. The summed E-state index contributed by atoms with van der Waals surface area (Å²) in [6.07, 6.45) is 0. The summed E-state index contributed by atoms with van der Waals surface area (Å²) < 4.78 is 27.1. The standard InChI is InChI=1S/C16H17F2NS/c1-11-5-3-4-6-16(11)20-10-15(19-2)13-9-12(17)7-8-14(13)18/h3-9,15,19H,10H2,1-2H3. The number of thioether (sulfide) groups is 1. The Balaban J connectivity index is 2.13. The van der Waals surface area contributed by atoms with Crippen LogP contribution in [0.2, 0.25) is 0 Å². The maximum atomic E-state index is 13.8. The third kappa shape index (κ3) is 3.58. The van der Waals surface area contributed by atoms with E-state index in [-0.39, 0.29) is 11.9 Å². The first-order valence-corrected chi connectivity index (χ1v) is 7.41. The SMILES string of the molecule is CNC(CSc1ccccc1C)c1cc(F)ccc1F. The Hall–Kier alpha value is -1.39. The highest BCUT2D eigenvalue weighted by molar-refractivity contribution is 7.99. The largest absolute Gasteiger partial charge is 0.312 e. The molecule has 0 aromatic heterocycles. The summed E-state index contributed by atoms with van der Waals surface area (Å²) in [4.78, 5) is 1.16. The molecule has 1 nitrogen and oxygen atoms in total. The summed E-state index contributed by atoms with van der Waals surface area (Å²) in [6.45, 7) is 2.04. The molecule has 2 aromatic rings. The number of benzene rings is 2. The van der Waals surface area contributed by atoms with Gasteiger partial charge < -0.3 is 5.32 Å². The third-order valence-electron chi connectivity index (χ3n) is 3.18. The zero-order valence-corrected chi connectivity index (χ0v) is 12.3. The monoisotopic (exact) mass is 293 g/mol. The average molecular weight is 293 g/mol. The van der Waals surface area contributed by atoms with Gasteiger partial charge in [-0.3, -0.25) is 0 Å². The van der Waals surface area contributed by atoms with Gasteiger partial charge in [0.2, 0.25) is 0 Å². The maximum absolute atomic E-state index is 13.8. The lowest BCUT2D eigenvalue weighted by Crippen LogP contribution is -2.20. The van der Waals surface area contributed by atoms with Crippen LogP contribution in [-0.2, 0) is 0 Å². The zero-order valence-electron chi connectivity index (χ0n) is 11.5. The van der Waals surface area contributed by atoms with E-state index in [0.29, 0.717) is 11.3 Å². The second-order valence-corrected chi connectivity index (χ2v) is 5.65. The molecule has 1 atom stereocenters. The van der Waals surface area contributed by atoms with Gasteiger partial charge in [-0.1, -0.05) is 18.2 Å². The Morgan fingerprint density at radius 1 is 1.15 bits per heavy atom. The van der Waals surface area contributed by atoms with Gasteiger partial charge in [0.25, 0.3) is 0 Å². The van der Waals surface area contributed by atoms with E-state index in [9.17, 15) is 8.78 Å². The van der Waals surface area contributed by atoms with E-state index in [4.69, 9.17) is 0 Å². The number of hydrogen-bond acceptors (Lipinski definition) is 2. The summed E-state index contributed by atoms with van der Waals surface area (Å²) in [7, 11) is 1.76. The number of nitrogens with one attached hydrogen (secondary N) is 1. The van der Waals surface area contributed by atoms with Crippen molar-refractivity contribution in [2.75, 3.05) is 12.8 Å². The number of rotatable bonds is 5. The Kier molecular flexibility index (Phi) is 5.15. The summed E-state index contributed by atoms with van der Waals surface area (Å²) >= 11 is 1.64. The Labute approximate surface area is 122 Å². The van der Waals surface area contributed by atoms with Crippen molar-refractivity contribution in [3.05, 3.63) is 65.2 Å². The Morgan fingerprint density at radius 3 is 2.60 bits per heavy atom. The fraction of sp³-hybridized carbons (Fsp3) is 0.250. The second-order valence-electron chi connectivity index (χ2n) is 4.58. The Morgan fingerprint density at radius 2 is 1.90 bits per heavy atom. The quantitative estimate of drug-likeness (QED) is 0.824. The van der Waals surface area contributed by atoms with Gasteiger partial charge in [0.1, 0.15) is 11.6 Å². The molecular formula is C16H17F2NS. The lowest BCUT2D eigenvalue weighted by molar-refractivity contribution is 0.549. The predicted molar refractivity (Wildman–Crippen MR) is 80.1 cm³/mol. The van der Waals surface area contributed by atoms with Crippen molar-refractivity contribution in [2.45, 2.75) is 17.9 Å². The van der Waals surface area contributed by atoms with E-state index in [1.54, 1.807) is 18.8 Å². The molecule has 0 saturated carbocycles. The van der Waals surface area contributed by atoms with Crippen LogP contribution in [0.4, 0.5) is 8.78 Å². The summed E-state index contributed by atoms with van der Waals surface area (Å²) in [6, 6.07) is 11.4. The van der Waals surface area contributed by atoms with E-state index in [0.717, 1.165) is 11.0 Å². The van der Waals surface area contributed by atoms with E-state index in [1.807, 2.05) is 31.2 Å². The number of hydrogen-bond donors (Lipinski definition) is 1. The van der Waals surface area contributed by atoms with E-state index >= 15 is 0 Å². The molecule has 0 saturated heterocycles. The van der Waals surface area contributed by atoms with Crippen LogP contribution in [0.5, 0.6) is 0 Å². The highest BCUT2D eigenvalue weighted by atomic mass is 32.2. The third-order valence-corrected chi connectivity index (χ3v) is 4.45. The molecule has 1 unspecified atom stereocenters. The molecule has 0 radical (unpaired) electrons. The number of aryl methyl sites for hydroxylation is 1. The molecule has 20 heavy (non-hydrogen) atoms. The van der Waals surface area contributed by atoms with E-state index in [1.165, 1.54) is 17.7 Å². The van der Waals surface area contributed by atoms with Crippen LogP contribution >= 0.6 is 11.8 Å². The zero-order chi connectivity index (χ0) is 14.5. The first-order chi connectivity index (χ1) is 9.61.